The summed E-state index contributed by atoms with van der Waals surface area (Å²) in [6.07, 6.45) is -2.60. The lowest BCUT2D eigenvalue weighted by atomic mass is 10.1. The van der Waals surface area contributed by atoms with E-state index >= 15 is 0 Å². The molecule has 2 aromatic heterocycles. The molecule has 0 aliphatic carbocycles. The minimum Gasteiger partial charge on any atom is -0.491 e. The highest BCUT2D eigenvalue weighted by atomic mass is 35.5. The number of morpholine rings is 1. The van der Waals surface area contributed by atoms with Gasteiger partial charge in [-0.05, 0) is 26.0 Å². The Morgan fingerprint density at radius 2 is 2.00 bits per heavy atom. The SMILES string of the molecule is Cc1cnc(-c2cc(OC[C@H]3CN(C(=O)O)CCO3)cc(C(=O)NC(C)c3cnc(C(F)(F)F)nc3)c2Cl)s1. The van der Waals surface area contributed by atoms with Crippen LogP contribution in [-0.4, -0.2) is 69.4 Å². The largest absolute Gasteiger partial charge is 0.491 e. The molecule has 15 heteroatoms. The second-order valence-electron chi connectivity index (χ2n) is 8.67. The van der Waals surface area contributed by atoms with Crippen LogP contribution in [0, 0.1) is 6.92 Å². The van der Waals surface area contributed by atoms with Gasteiger partial charge < -0.3 is 24.8 Å². The van der Waals surface area contributed by atoms with Crippen LogP contribution in [0.3, 0.4) is 0 Å². The van der Waals surface area contributed by atoms with E-state index in [9.17, 15) is 27.9 Å². The number of nitrogens with zero attached hydrogens (tertiary/aromatic N) is 4. The summed E-state index contributed by atoms with van der Waals surface area (Å²) in [7, 11) is 0. The lowest BCUT2D eigenvalue weighted by Crippen LogP contribution is -2.47. The average Bonchev–Trinajstić information content (AvgIpc) is 3.33. The number of aromatic nitrogens is 3. The van der Waals surface area contributed by atoms with Crippen molar-refractivity contribution in [3.8, 4) is 16.3 Å². The Balaban J connectivity index is 1.56. The molecule has 208 valence electrons. The molecule has 0 bridgehead atoms. The third-order valence-corrected chi connectivity index (χ3v) is 7.11. The molecule has 0 saturated carbocycles. The van der Waals surface area contributed by atoms with Crippen LogP contribution in [0.4, 0.5) is 18.0 Å². The van der Waals surface area contributed by atoms with Crippen molar-refractivity contribution in [1.82, 2.24) is 25.2 Å². The van der Waals surface area contributed by atoms with Crippen LogP contribution < -0.4 is 10.1 Å². The third-order valence-electron chi connectivity index (χ3n) is 5.76. The number of nitrogens with one attached hydrogen (secondary N) is 1. The minimum absolute atomic E-state index is 0.0160. The number of hydrogen-bond acceptors (Lipinski definition) is 8. The third kappa shape index (κ3) is 6.94. The van der Waals surface area contributed by atoms with Crippen molar-refractivity contribution in [2.45, 2.75) is 32.2 Å². The number of rotatable bonds is 7. The average molecular weight is 586 g/mol. The van der Waals surface area contributed by atoms with Crippen LogP contribution in [0.25, 0.3) is 10.6 Å². The molecule has 1 unspecified atom stereocenters. The molecule has 1 aliphatic heterocycles. The number of carbonyl (C=O) groups is 2. The summed E-state index contributed by atoms with van der Waals surface area (Å²) in [5, 5.41) is 12.6. The lowest BCUT2D eigenvalue weighted by Gasteiger charge is -2.30. The predicted octanol–water partition coefficient (Wildman–Crippen LogP) is 4.83. The van der Waals surface area contributed by atoms with Crippen molar-refractivity contribution in [2.24, 2.45) is 0 Å². The standard InChI is InChI=1S/C24H23ClF3N5O5S/c1-12-7-29-21(39-12)18-6-15(38-11-16-10-33(23(35)36)3-4-37-16)5-17(19(18)25)20(34)32-13(2)14-8-30-22(31-9-14)24(26,27)28/h5-9,13,16H,3-4,10-11H2,1-2H3,(H,32,34)(H,35,36)/t13?,16-/m1/s1. The van der Waals surface area contributed by atoms with Crippen LogP contribution in [0.2, 0.25) is 5.02 Å². The van der Waals surface area contributed by atoms with Crippen LogP contribution in [0.5, 0.6) is 5.75 Å². The van der Waals surface area contributed by atoms with Gasteiger partial charge in [-0.25, -0.2) is 19.7 Å². The van der Waals surface area contributed by atoms with E-state index in [1.54, 1.807) is 19.2 Å². The van der Waals surface area contributed by atoms with Gasteiger partial charge in [0, 0.05) is 41.1 Å². The maximum absolute atomic E-state index is 13.3. The zero-order valence-electron chi connectivity index (χ0n) is 20.7. The van der Waals surface area contributed by atoms with E-state index < -0.39 is 36.1 Å². The fourth-order valence-corrected chi connectivity index (χ4v) is 4.86. The van der Waals surface area contributed by atoms with Gasteiger partial charge >= 0.3 is 12.3 Å². The number of carbonyl (C=O) groups excluding carboxylic acids is 1. The van der Waals surface area contributed by atoms with Crippen LogP contribution >= 0.6 is 22.9 Å². The molecule has 2 amide bonds. The van der Waals surface area contributed by atoms with Crippen LogP contribution in [-0.2, 0) is 10.9 Å². The Labute approximate surface area is 229 Å². The molecule has 10 nitrogen and oxygen atoms in total. The van der Waals surface area contributed by atoms with Gasteiger partial charge in [-0.3, -0.25) is 4.79 Å². The molecule has 3 heterocycles. The second kappa shape index (κ2) is 11.7. The Morgan fingerprint density at radius 1 is 1.28 bits per heavy atom. The summed E-state index contributed by atoms with van der Waals surface area (Å²) in [6.45, 7) is 4.06. The van der Waals surface area contributed by atoms with Crippen molar-refractivity contribution in [3.05, 3.63) is 57.6 Å². The molecule has 2 N–H and O–H groups in total. The monoisotopic (exact) mass is 585 g/mol. The first-order chi connectivity index (χ1) is 18.4. The predicted molar refractivity (Wildman–Crippen MR) is 135 cm³/mol. The van der Waals surface area contributed by atoms with E-state index in [4.69, 9.17) is 21.1 Å². The summed E-state index contributed by atoms with van der Waals surface area (Å²) in [5.41, 5.74) is 0.751. The van der Waals surface area contributed by atoms with Crippen LogP contribution in [0.1, 0.15) is 39.6 Å². The molecule has 0 spiro atoms. The molecule has 3 aromatic rings. The number of hydrogen-bond donors (Lipinski definition) is 2. The molecule has 2 atom stereocenters. The van der Waals surface area contributed by atoms with E-state index in [1.165, 1.54) is 22.3 Å². The Hall–Kier alpha value is -3.49. The maximum atomic E-state index is 13.3. The summed E-state index contributed by atoms with van der Waals surface area (Å²) < 4.78 is 49.9. The quantitative estimate of drug-likeness (QED) is 0.404. The van der Waals surface area contributed by atoms with Crippen molar-refractivity contribution < 1.29 is 37.3 Å². The van der Waals surface area contributed by atoms with Crippen molar-refractivity contribution in [2.75, 3.05) is 26.3 Å². The fraction of sp³-hybridized carbons (Fsp3) is 0.375. The van der Waals surface area contributed by atoms with E-state index in [-0.39, 0.29) is 48.2 Å². The summed E-state index contributed by atoms with van der Waals surface area (Å²) in [6, 6.07) is 2.31. The number of benzene rings is 1. The molecule has 1 fully saturated rings. The number of thiazole rings is 1. The molecular weight excluding hydrogens is 563 g/mol. The Kier molecular flexibility index (Phi) is 8.57. The van der Waals surface area contributed by atoms with E-state index in [1.807, 2.05) is 6.92 Å². The molecule has 4 rings (SSSR count). The molecule has 1 aliphatic rings. The molecule has 1 aromatic carbocycles. The van der Waals surface area contributed by atoms with Crippen molar-refractivity contribution in [1.29, 1.82) is 0 Å². The van der Waals surface area contributed by atoms with Gasteiger partial charge in [-0.2, -0.15) is 13.2 Å². The zero-order chi connectivity index (χ0) is 28.3. The molecule has 39 heavy (non-hydrogen) atoms. The Bertz CT molecular complexity index is 1350. The van der Waals surface area contributed by atoms with Gasteiger partial charge in [0.2, 0.25) is 5.82 Å². The lowest BCUT2D eigenvalue weighted by molar-refractivity contribution is -0.145. The van der Waals surface area contributed by atoms with Crippen molar-refractivity contribution >= 4 is 34.9 Å². The van der Waals surface area contributed by atoms with E-state index in [0.29, 0.717) is 10.6 Å². The van der Waals surface area contributed by atoms with Gasteiger partial charge in [-0.15, -0.1) is 11.3 Å². The zero-order valence-corrected chi connectivity index (χ0v) is 22.2. The maximum Gasteiger partial charge on any atom is 0.451 e. The number of amides is 2. The molecular formula is C24H23ClF3N5O5S. The first kappa shape index (κ1) is 28.5. The first-order valence-electron chi connectivity index (χ1n) is 11.6. The number of carboxylic acid groups (broad SMARTS) is 1. The highest BCUT2D eigenvalue weighted by molar-refractivity contribution is 7.15. The summed E-state index contributed by atoms with van der Waals surface area (Å²) in [4.78, 5) is 37.7. The van der Waals surface area contributed by atoms with Gasteiger partial charge in [0.1, 0.15) is 23.5 Å². The van der Waals surface area contributed by atoms with E-state index in [2.05, 4.69) is 20.3 Å². The fourth-order valence-electron chi connectivity index (χ4n) is 3.73. The molecule has 1 saturated heterocycles. The van der Waals surface area contributed by atoms with Crippen LogP contribution in [0.15, 0.2) is 30.7 Å². The van der Waals surface area contributed by atoms with Crippen molar-refractivity contribution in [3.63, 3.8) is 0 Å². The Morgan fingerprint density at radius 3 is 2.62 bits per heavy atom. The second-order valence-corrected chi connectivity index (χ2v) is 10.3. The van der Waals surface area contributed by atoms with E-state index in [0.717, 1.165) is 17.3 Å². The number of aryl methyl sites for hydroxylation is 1. The minimum atomic E-state index is -4.68. The van der Waals surface area contributed by atoms with Gasteiger partial charge in [-0.1, -0.05) is 11.6 Å². The normalized spacial score (nSPS) is 16.6. The van der Waals surface area contributed by atoms with Gasteiger partial charge in [0.15, 0.2) is 0 Å². The topological polar surface area (TPSA) is 127 Å². The first-order valence-corrected chi connectivity index (χ1v) is 12.8. The highest BCUT2D eigenvalue weighted by Gasteiger charge is 2.34. The summed E-state index contributed by atoms with van der Waals surface area (Å²) in [5.74, 6) is -1.62. The number of halogens is 4. The van der Waals surface area contributed by atoms with Gasteiger partial charge in [0.25, 0.3) is 5.91 Å². The smallest absolute Gasteiger partial charge is 0.451 e. The number of alkyl halides is 3. The summed E-state index contributed by atoms with van der Waals surface area (Å²) >= 11 is 7.99. The molecule has 0 radical (unpaired) electrons. The highest BCUT2D eigenvalue weighted by Crippen LogP contribution is 2.37. The number of ether oxygens (including phenoxy) is 2. The van der Waals surface area contributed by atoms with Gasteiger partial charge in [0.05, 0.1) is 29.8 Å².